The average molecular weight is 228 g/mol. The number of benzene rings is 1. The minimum absolute atomic E-state index is 0.0632. The van der Waals surface area contributed by atoms with Crippen LogP contribution in [0.1, 0.15) is 56.5 Å². The molecule has 0 unspecified atom stereocenters. The number of carbonyl (C=O) groups excluding carboxylic acids is 1. The van der Waals surface area contributed by atoms with Crippen molar-refractivity contribution in [2.24, 2.45) is 10.8 Å². The molecule has 0 aromatic heterocycles. The highest BCUT2D eigenvalue weighted by Gasteiger charge is 2.68. The van der Waals surface area contributed by atoms with Gasteiger partial charge in [0, 0.05) is 17.4 Å². The van der Waals surface area contributed by atoms with Gasteiger partial charge in [0.2, 0.25) is 0 Å². The second-order valence-electron chi connectivity index (χ2n) is 7.00. The fourth-order valence-electron chi connectivity index (χ4n) is 4.95. The van der Waals surface area contributed by atoms with E-state index in [4.69, 9.17) is 0 Å². The van der Waals surface area contributed by atoms with E-state index in [2.05, 4.69) is 39.8 Å². The van der Waals surface area contributed by atoms with Gasteiger partial charge in [0.1, 0.15) is 0 Å². The topological polar surface area (TPSA) is 17.1 Å². The van der Waals surface area contributed by atoms with E-state index in [0.29, 0.717) is 12.2 Å². The van der Waals surface area contributed by atoms with E-state index >= 15 is 0 Å². The van der Waals surface area contributed by atoms with Crippen molar-refractivity contribution in [2.75, 3.05) is 0 Å². The van der Waals surface area contributed by atoms with Gasteiger partial charge in [-0.15, -0.1) is 0 Å². The van der Waals surface area contributed by atoms with Crippen molar-refractivity contribution in [1.29, 1.82) is 0 Å². The van der Waals surface area contributed by atoms with Crippen LogP contribution in [0, 0.1) is 10.8 Å². The van der Waals surface area contributed by atoms with Crippen LogP contribution < -0.4 is 0 Å². The summed E-state index contributed by atoms with van der Waals surface area (Å²) in [6, 6.07) is 8.22. The van der Waals surface area contributed by atoms with E-state index in [-0.39, 0.29) is 16.2 Å². The minimum Gasteiger partial charge on any atom is -0.294 e. The van der Waals surface area contributed by atoms with Crippen molar-refractivity contribution in [3.63, 3.8) is 0 Å². The molecule has 3 rings (SSSR count). The maximum absolute atomic E-state index is 12.2. The van der Waals surface area contributed by atoms with E-state index in [1.54, 1.807) is 0 Å². The molecule has 1 aromatic carbocycles. The van der Waals surface area contributed by atoms with Crippen LogP contribution in [0.3, 0.4) is 0 Å². The lowest BCUT2D eigenvalue weighted by atomic mass is 9.37. The summed E-state index contributed by atoms with van der Waals surface area (Å²) in [5.74, 6) is 0.335. The molecule has 1 saturated carbocycles. The fraction of sp³-hybridized carbons (Fsp3) is 0.562. The predicted octanol–water partition coefficient (Wildman–Crippen LogP) is 3.97. The SMILES string of the molecule is CC1(C)CC(C)(C)C12CC(=O)c1ccccc12. The second kappa shape index (κ2) is 2.82. The van der Waals surface area contributed by atoms with E-state index in [1.165, 1.54) is 12.0 Å². The summed E-state index contributed by atoms with van der Waals surface area (Å²) in [7, 11) is 0. The predicted molar refractivity (Wildman–Crippen MR) is 69.2 cm³/mol. The lowest BCUT2D eigenvalue weighted by Crippen LogP contribution is -2.63. The van der Waals surface area contributed by atoms with Crippen molar-refractivity contribution in [3.05, 3.63) is 35.4 Å². The maximum atomic E-state index is 12.2. The van der Waals surface area contributed by atoms with Gasteiger partial charge in [-0.25, -0.2) is 0 Å². The van der Waals surface area contributed by atoms with E-state index < -0.39 is 0 Å². The molecule has 0 heterocycles. The van der Waals surface area contributed by atoms with Gasteiger partial charge in [-0.05, 0) is 22.8 Å². The van der Waals surface area contributed by atoms with Crippen LogP contribution in [-0.2, 0) is 5.41 Å². The molecule has 0 amide bonds. The summed E-state index contributed by atoms with van der Waals surface area (Å²) in [5.41, 5.74) is 2.80. The molecule has 2 aliphatic carbocycles. The van der Waals surface area contributed by atoms with E-state index in [1.807, 2.05) is 12.1 Å². The van der Waals surface area contributed by atoms with Gasteiger partial charge in [0.25, 0.3) is 0 Å². The summed E-state index contributed by atoms with van der Waals surface area (Å²) in [6.07, 6.45) is 1.90. The Hall–Kier alpha value is -1.11. The Labute approximate surface area is 103 Å². The van der Waals surface area contributed by atoms with Gasteiger partial charge in [0.15, 0.2) is 5.78 Å². The monoisotopic (exact) mass is 228 g/mol. The molecule has 0 radical (unpaired) electrons. The lowest BCUT2D eigenvalue weighted by Gasteiger charge is -2.66. The minimum atomic E-state index is 0.0632. The largest absolute Gasteiger partial charge is 0.294 e. The van der Waals surface area contributed by atoms with Crippen molar-refractivity contribution in [1.82, 2.24) is 0 Å². The van der Waals surface area contributed by atoms with Gasteiger partial charge in [0.05, 0.1) is 0 Å². The molecule has 1 fully saturated rings. The summed E-state index contributed by atoms with van der Waals surface area (Å²) in [4.78, 5) is 12.2. The number of hydrogen-bond acceptors (Lipinski definition) is 1. The normalized spacial score (nSPS) is 26.7. The van der Waals surface area contributed by atoms with Crippen molar-refractivity contribution in [2.45, 2.75) is 46.0 Å². The fourth-order valence-corrected chi connectivity index (χ4v) is 4.95. The molecule has 1 heteroatoms. The van der Waals surface area contributed by atoms with Crippen molar-refractivity contribution >= 4 is 5.78 Å². The zero-order valence-electron chi connectivity index (χ0n) is 11.1. The molecule has 1 aromatic rings. The third kappa shape index (κ3) is 1.04. The molecule has 90 valence electrons. The smallest absolute Gasteiger partial charge is 0.164 e. The Bertz CT molecular complexity index is 494. The molecule has 0 saturated heterocycles. The van der Waals surface area contributed by atoms with Crippen molar-refractivity contribution in [3.8, 4) is 0 Å². The molecule has 0 N–H and O–H groups in total. The summed E-state index contributed by atoms with van der Waals surface area (Å²) in [6.45, 7) is 9.25. The first-order chi connectivity index (χ1) is 7.82. The second-order valence-corrected chi connectivity index (χ2v) is 7.00. The van der Waals surface area contributed by atoms with E-state index in [9.17, 15) is 4.79 Å². The Morgan fingerprint density at radius 1 is 1.00 bits per heavy atom. The molecule has 17 heavy (non-hydrogen) atoms. The van der Waals surface area contributed by atoms with Gasteiger partial charge >= 0.3 is 0 Å². The zero-order chi connectivity index (χ0) is 12.5. The zero-order valence-corrected chi connectivity index (χ0v) is 11.1. The number of rotatable bonds is 0. The highest BCUT2D eigenvalue weighted by atomic mass is 16.1. The Morgan fingerprint density at radius 2 is 1.59 bits per heavy atom. The Morgan fingerprint density at radius 3 is 2.18 bits per heavy atom. The average Bonchev–Trinajstić information content (AvgIpc) is 2.54. The molecular formula is C16H20O. The molecular weight excluding hydrogens is 208 g/mol. The summed E-state index contributed by atoms with van der Waals surface area (Å²) in [5, 5.41) is 0. The third-order valence-electron chi connectivity index (χ3n) is 5.31. The maximum Gasteiger partial charge on any atom is 0.164 e. The first-order valence-corrected chi connectivity index (χ1v) is 6.45. The van der Waals surface area contributed by atoms with Crippen LogP contribution in [0.5, 0.6) is 0 Å². The molecule has 0 atom stereocenters. The quantitative estimate of drug-likeness (QED) is 0.656. The standard InChI is InChI=1S/C16H20O/c1-14(2)10-15(3,4)16(14)9-13(17)11-7-5-6-8-12(11)16/h5-8H,9-10H2,1-4H3. The molecule has 1 nitrogen and oxygen atoms in total. The number of carbonyl (C=O) groups is 1. The molecule has 2 aliphatic rings. The lowest BCUT2D eigenvalue weighted by molar-refractivity contribution is -0.112. The Kier molecular flexibility index (Phi) is 1.83. The van der Waals surface area contributed by atoms with Crippen LogP contribution in [0.4, 0.5) is 0 Å². The number of ketones is 1. The highest BCUT2D eigenvalue weighted by Crippen LogP contribution is 2.72. The summed E-state index contributed by atoms with van der Waals surface area (Å²) < 4.78 is 0. The number of fused-ring (bicyclic) bond motifs is 2. The van der Waals surface area contributed by atoms with Gasteiger partial charge < -0.3 is 0 Å². The summed E-state index contributed by atoms with van der Waals surface area (Å²) >= 11 is 0. The van der Waals surface area contributed by atoms with Gasteiger partial charge in [-0.2, -0.15) is 0 Å². The van der Waals surface area contributed by atoms with Crippen LogP contribution in [0.2, 0.25) is 0 Å². The van der Waals surface area contributed by atoms with Crippen molar-refractivity contribution < 1.29 is 4.79 Å². The van der Waals surface area contributed by atoms with E-state index in [0.717, 1.165) is 5.56 Å². The highest BCUT2D eigenvalue weighted by molar-refractivity contribution is 6.02. The molecule has 0 aliphatic heterocycles. The van der Waals surface area contributed by atoms with Gasteiger partial charge in [-0.3, -0.25) is 4.79 Å². The van der Waals surface area contributed by atoms with Crippen LogP contribution in [0.15, 0.2) is 24.3 Å². The van der Waals surface area contributed by atoms with Crippen LogP contribution in [0.25, 0.3) is 0 Å². The number of hydrogen-bond donors (Lipinski definition) is 0. The molecule has 1 spiro atoms. The number of Topliss-reactive ketones (excluding diaryl/α,β-unsaturated/α-hetero) is 1. The first kappa shape index (κ1) is 11.0. The van der Waals surface area contributed by atoms with Gasteiger partial charge in [-0.1, -0.05) is 52.0 Å². The Balaban J connectivity index is 2.27. The van der Waals surface area contributed by atoms with Crippen LogP contribution >= 0.6 is 0 Å². The molecule has 0 bridgehead atoms. The van der Waals surface area contributed by atoms with Crippen LogP contribution in [-0.4, -0.2) is 5.78 Å². The first-order valence-electron chi connectivity index (χ1n) is 6.45. The third-order valence-corrected chi connectivity index (χ3v) is 5.31.